The van der Waals surface area contributed by atoms with Crippen molar-refractivity contribution in [3.63, 3.8) is 0 Å². The fourth-order valence-corrected chi connectivity index (χ4v) is 4.70. The molecule has 162 valence electrons. The zero-order valence-corrected chi connectivity index (χ0v) is 18.5. The normalized spacial score (nSPS) is 15.7. The van der Waals surface area contributed by atoms with Gasteiger partial charge in [0.2, 0.25) is 10.0 Å². The van der Waals surface area contributed by atoms with Gasteiger partial charge < -0.3 is 15.0 Å². The van der Waals surface area contributed by atoms with Gasteiger partial charge >= 0.3 is 0 Å². The van der Waals surface area contributed by atoms with Gasteiger partial charge in [0.25, 0.3) is 5.91 Å². The molecule has 0 aliphatic carbocycles. The maximum Gasteiger partial charge on any atom is 0.255 e. The third-order valence-electron chi connectivity index (χ3n) is 5.04. The summed E-state index contributed by atoms with van der Waals surface area (Å²) >= 11 is 0. The maximum atomic E-state index is 13.0. The SMILES string of the molecule is CCCOc1cc(C)ccc1NC(=O)c1cccc(S(=O)(=O)N2CCN(C)CC2)c1. The van der Waals surface area contributed by atoms with Crippen LogP contribution in [-0.4, -0.2) is 63.4 Å². The predicted molar refractivity (Wildman–Crippen MR) is 118 cm³/mol. The fourth-order valence-electron chi connectivity index (χ4n) is 3.23. The summed E-state index contributed by atoms with van der Waals surface area (Å²) in [5, 5.41) is 2.85. The lowest BCUT2D eigenvalue weighted by molar-refractivity contribution is 0.102. The van der Waals surface area contributed by atoms with Crippen LogP contribution in [0.3, 0.4) is 0 Å². The van der Waals surface area contributed by atoms with Crippen molar-refractivity contribution < 1.29 is 17.9 Å². The molecule has 1 saturated heterocycles. The van der Waals surface area contributed by atoms with Crippen LogP contribution in [0.5, 0.6) is 5.75 Å². The van der Waals surface area contributed by atoms with E-state index in [0.717, 1.165) is 12.0 Å². The van der Waals surface area contributed by atoms with Crippen LogP contribution in [0, 0.1) is 6.92 Å². The van der Waals surface area contributed by atoms with Gasteiger partial charge in [0, 0.05) is 31.7 Å². The number of nitrogens with one attached hydrogen (secondary N) is 1. The molecule has 0 bridgehead atoms. The molecule has 1 fully saturated rings. The van der Waals surface area contributed by atoms with E-state index in [2.05, 4.69) is 10.2 Å². The van der Waals surface area contributed by atoms with Crippen molar-refractivity contribution in [2.45, 2.75) is 25.2 Å². The van der Waals surface area contributed by atoms with Crippen LogP contribution in [0.1, 0.15) is 29.3 Å². The maximum absolute atomic E-state index is 13.0. The van der Waals surface area contributed by atoms with E-state index in [1.807, 2.05) is 33.0 Å². The summed E-state index contributed by atoms with van der Waals surface area (Å²) in [4.78, 5) is 15.1. The summed E-state index contributed by atoms with van der Waals surface area (Å²) in [5.74, 6) is 0.224. The Morgan fingerprint density at radius 2 is 1.83 bits per heavy atom. The molecule has 1 amide bonds. The zero-order chi connectivity index (χ0) is 21.7. The third kappa shape index (κ3) is 5.19. The summed E-state index contributed by atoms with van der Waals surface area (Å²) in [7, 11) is -1.67. The lowest BCUT2D eigenvalue weighted by Crippen LogP contribution is -2.47. The van der Waals surface area contributed by atoms with Crippen LogP contribution in [0.4, 0.5) is 5.69 Å². The molecule has 0 spiro atoms. The number of aryl methyl sites for hydroxylation is 1. The Bertz CT molecular complexity index is 999. The first-order chi connectivity index (χ1) is 14.3. The average Bonchev–Trinajstić information content (AvgIpc) is 2.74. The molecule has 0 saturated carbocycles. The van der Waals surface area contributed by atoms with E-state index in [-0.39, 0.29) is 16.4 Å². The van der Waals surface area contributed by atoms with E-state index in [9.17, 15) is 13.2 Å². The first-order valence-electron chi connectivity index (χ1n) is 10.1. The van der Waals surface area contributed by atoms with Gasteiger partial charge in [-0.2, -0.15) is 4.31 Å². The lowest BCUT2D eigenvalue weighted by Gasteiger charge is -2.31. The number of piperazine rings is 1. The molecule has 1 aliphatic rings. The molecule has 7 nitrogen and oxygen atoms in total. The molecule has 0 radical (unpaired) electrons. The molecule has 0 aromatic heterocycles. The Labute approximate surface area is 178 Å². The molecule has 0 atom stereocenters. The molecule has 1 aliphatic heterocycles. The minimum absolute atomic E-state index is 0.131. The highest BCUT2D eigenvalue weighted by atomic mass is 32.2. The Kier molecular flexibility index (Phi) is 7.12. The first kappa shape index (κ1) is 22.3. The summed E-state index contributed by atoms with van der Waals surface area (Å²) < 4.78 is 33.2. The predicted octanol–water partition coefficient (Wildman–Crippen LogP) is 2.97. The Balaban J connectivity index is 1.80. The monoisotopic (exact) mass is 431 g/mol. The molecule has 2 aromatic carbocycles. The highest BCUT2D eigenvalue weighted by molar-refractivity contribution is 7.89. The average molecular weight is 432 g/mol. The minimum Gasteiger partial charge on any atom is -0.491 e. The van der Waals surface area contributed by atoms with Gasteiger partial charge in [0.15, 0.2) is 0 Å². The number of nitrogens with zero attached hydrogens (tertiary/aromatic N) is 2. The second-order valence-electron chi connectivity index (χ2n) is 7.54. The van der Waals surface area contributed by atoms with Crippen LogP contribution < -0.4 is 10.1 Å². The summed E-state index contributed by atoms with van der Waals surface area (Å²) in [6.07, 6.45) is 0.855. The second kappa shape index (κ2) is 9.59. The summed E-state index contributed by atoms with van der Waals surface area (Å²) in [6.45, 7) is 6.77. The topological polar surface area (TPSA) is 78.9 Å². The van der Waals surface area contributed by atoms with Crippen molar-refractivity contribution in [2.24, 2.45) is 0 Å². The van der Waals surface area contributed by atoms with E-state index in [0.29, 0.717) is 44.2 Å². The van der Waals surface area contributed by atoms with Crippen molar-refractivity contribution >= 4 is 21.6 Å². The molecule has 3 rings (SSSR count). The highest BCUT2D eigenvalue weighted by Gasteiger charge is 2.28. The summed E-state index contributed by atoms with van der Waals surface area (Å²) in [5.41, 5.74) is 1.87. The number of rotatable bonds is 7. The number of hydrogen-bond donors (Lipinski definition) is 1. The smallest absolute Gasteiger partial charge is 0.255 e. The second-order valence-corrected chi connectivity index (χ2v) is 9.48. The Morgan fingerprint density at radius 3 is 2.53 bits per heavy atom. The largest absolute Gasteiger partial charge is 0.491 e. The van der Waals surface area contributed by atoms with E-state index in [1.165, 1.54) is 16.4 Å². The molecule has 8 heteroatoms. The first-order valence-corrected chi connectivity index (χ1v) is 11.6. The van der Waals surface area contributed by atoms with Crippen LogP contribution in [-0.2, 0) is 10.0 Å². The third-order valence-corrected chi connectivity index (χ3v) is 6.94. The Hall–Kier alpha value is -2.42. The Morgan fingerprint density at radius 1 is 1.10 bits per heavy atom. The summed E-state index contributed by atoms with van der Waals surface area (Å²) in [6, 6.07) is 11.7. The van der Waals surface area contributed by atoms with Crippen LogP contribution in [0.25, 0.3) is 0 Å². The number of sulfonamides is 1. The zero-order valence-electron chi connectivity index (χ0n) is 17.7. The van der Waals surface area contributed by atoms with E-state index in [1.54, 1.807) is 18.2 Å². The number of hydrogen-bond acceptors (Lipinski definition) is 5. The highest BCUT2D eigenvalue weighted by Crippen LogP contribution is 2.27. The number of benzene rings is 2. The standard InChI is InChI=1S/C22H29N3O4S/c1-4-14-29-21-15-17(2)8-9-20(21)23-22(26)18-6-5-7-19(16-18)30(27,28)25-12-10-24(3)11-13-25/h5-9,15-16H,4,10-14H2,1-3H3,(H,23,26). The number of anilines is 1. The fraction of sp³-hybridized carbons (Fsp3) is 0.409. The molecule has 2 aromatic rings. The van der Waals surface area contributed by atoms with Gasteiger partial charge in [-0.1, -0.05) is 19.1 Å². The number of carbonyl (C=O) groups is 1. The van der Waals surface area contributed by atoms with Crippen molar-refractivity contribution in [1.29, 1.82) is 0 Å². The van der Waals surface area contributed by atoms with Crippen LogP contribution in [0.2, 0.25) is 0 Å². The van der Waals surface area contributed by atoms with Crippen molar-refractivity contribution in [3.05, 3.63) is 53.6 Å². The molecule has 1 heterocycles. The lowest BCUT2D eigenvalue weighted by atomic mass is 10.2. The van der Waals surface area contributed by atoms with Gasteiger partial charge in [-0.3, -0.25) is 4.79 Å². The van der Waals surface area contributed by atoms with E-state index in [4.69, 9.17) is 4.74 Å². The number of carbonyl (C=O) groups excluding carboxylic acids is 1. The molecule has 1 N–H and O–H groups in total. The van der Waals surface area contributed by atoms with Gasteiger partial charge in [-0.25, -0.2) is 8.42 Å². The van der Waals surface area contributed by atoms with Gasteiger partial charge in [-0.15, -0.1) is 0 Å². The van der Waals surface area contributed by atoms with Crippen LogP contribution >= 0.6 is 0 Å². The van der Waals surface area contributed by atoms with Crippen LogP contribution in [0.15, 0.2) is 47.4 Å². The number of ether oxygens (including phenoxy) is 1. The van der Waals surface area contributed by atoms with Gasteiger partial charge in [0.05, 0.1) is 17.2 Å². The van der Waals surface area contributed by atoms with E-state index >= 15 is 0 Å². The van der Waals surface area contributed by atoms with Gasteiger partial charge in [0.1, 0.15) is 5.75 Å². The number of likely N-dealkylation sites (N-methyl/N-ethyl adjacent to an activating group) is 1. The molecule has 30 heavy (non-hydrogen) atoms. The molecule has 0 unspecified atom stereocenters. The van der Waals surface area contributed by atoms with Crippen molar-refractivity contribution in [3.8, 4) is 5.75 Å². The quantitative estimate of drug-likeness (QED) is 0.729. The van der Waals surface area contributed by atoms with E-state index < -0.39 is 10.0 Å². The molecular weight excluding hydrogens is 402 g/mol. The molecular formula is C22H29N3O4S. The van der Waals surface area contributed by atoms with Crippen molar-refractivity contribution in [2.75, 3.05) is 45.2 Å². The number of amides is 1. The van der Waals surface area contributed by atoms with Crippen molar-refractivity contribution in [1.82, 2.24) is 9.21 Å². The van der Waals surface area contributed by atoms with Gasteiger partial charge in [-0.05, 0) is 56.3 Å². The minimum atomic E-state index is -3.64.